The van der Waals surface area contributed by atoms with Crippen molar-refractivity contribution in [2.75, 3.05) is 18.8 Å². The molecule has 2 rings (SSSR count). The van der Waals surface area contributed by atoms with E-state index in [9.17, 15) is 9.90 Å². The minimum absolute atomic E-state index is 0.0358. The van der Waals surface area contributed by atoms with Crippen LogP contribution in [0.5, 0.6) is 0 Å². The summed E-state index contributed by atoms with van der Waals surface area (Å²) in [7, 11) is 0. The van der Waals surface area contributed by atoms with E-state index in [4.69, 9.17) is 5.73 Å². The lowest BCUT2D eigenvalue weighted by Crippen LogP contribution is -2.37. The molecule has 2 heterocycles. The summed E-state index contributed by atoms with van der Waals surface area (Å²) < 4.78 is 0. The molecule has 0 aliphatic carbocycles. The van der Waals surface area contributed by atoms with Crippen LogP contribution in [0.1, 0.15) is 36.4 Å². The molecule has 18 heavy (non-hydrogen) atoms. The monoisotopic (exact) mass is 269 g/mol. The highest BCUT2D eigenvalue weighted by Crippen LogP contribution is 2.29. The number of nitrogens with zero attached hydrogens (tertiary/aromatic N) is 2. The van der Waals surface area contributed by atoms with Gasteiger partial charge in [0.05, 0.1) is 12.3 Å². The van der Waals surface area contributed by atoms with Gasteiger partial charge in [0.15, 0.2) is 5.13 Å². The van der Waals surface area contributed by atoms with Crippen molar-refractivity contribution < 1.29 is 9.90 Å². The molecule has 6 heteroatoms. The Morgan fingerprint density at radius 2 is 2.39 bits per heavy atom. The highest BCUT2D eigenvalue weighted by atomic mass is 32.1. The van der Waals surface area contributed by atoms with Gasteiger partial charge in [0.25, 0.3) is 5.91 Å². The second-order valence-corrected chi connectivity index (χ2v) is 6.66. The van der Waals surface area contributed by atoms with Crippen molar-refractivity contribution in [1.82, 2.24) is 9.88 Å². The van der Waals surface area contributed by atoms with E-state index in [1.165, 1.54) is 17.5 Å². The molecule has 0 saturated carbocycles. The van der Waals surface area contributed by atoms with Crippen LogP contribution in [0.15, 0.2) is 6.20 Å². The van der Waals surface area contributed by atoms with E-state index in [1.807, 2.05) is 0 Å². The predicted octanol–water partition coefficient (Wildman–Crippen LogP) is 1.35. The van der Waals surface area contributed by atoms with Crippen molar-refractivity contribution in [3.8, 4) is 0 Å². The van der Waals surface area contributed by atoms with Gasteiger partial charge in [-0.2, -0.15) is 0 Å². The van der Waals surface area contributed by atoms with Crippen LogP contribution in [-0.4, -0.2) is 40.1 Å². The van der Waals surface area contributed by atoms with E-state index in [-0.39, 0.29) is 17.4 Å². The van der Waals surface area contributed by atoms with Gasteiger partial charge in [-0.15, -0.1) is 0 Å². The maximum atomic E-state index is 12.3. The Balaban J connectivity index is 2.15. The maximum Gasteiger partial charge on any atom is 0.265 e. The summed E-state index contributed by atoms with van der Waals surface area (Å²) in [6.07, 6.45) is 2.55. The van der Waals surface area contributed by atoms with Crippen LogP contribution in [0.2, 0.25) is 0 Å². The summed E-state index contributed by atoms with van der Waals surface area (Å²) in [6.45, 7) is 5.38. The number of nitrogens with two attached hydrogens (primary N) is 1. The minimum atomic E-state index is -0.329. The van der Waals surface area contributed by atoms with Crippen LogP contribution in [0.25, 0.3) is 0 Å². The maximum absolute atomic E-state index is 12.3. The number of hydrogen-bond acceptors (Lipinski definition) is 5. The molecular weight excluding hydrogens is 250 g/mol. The molecule has 1 saturated heterocycles. The van der Waals surface area contributed by atoms with Gasteiger partial charge in [0, 0.05) is 13.1 Å². The largest absolute Gasteiger partial charge is 0.393 e. The van der Waals surface area contributed by atoms with Gasteiger partial charge in [0.1, 0.15) is 4.88 Å². The average molecular weight is 269 g/mol. The Hall–Kier alpha value is -1.14. The standard InChI is InChI=1S/C12H19N3O2S/c1-12(2)5-8(16)3-4-15(7-12)10(17)9-6-14-11(13)18-9/h6,8,16H,3-5,7H2,1-2H3,(H2,13,14)/t8-/m1/s1. The van der Waals surface area contributed by atoms with Crippen molar-refractivity contribution in [1.29, 1.82) is 0 Å². The molecule has 1 aliphatic heterocycles. The van der Waals surface area contributed by atoms with Gasteiger partial charge < -0.3 is 15.7 Å². The zero-order valence-corrected chi connectivity index (χ0v) is 11.5. The predicted molar refractivity (Wildman–Crippen MR) is 71.5 cm³/mol. The van der Waals surface area contributed by atoms with Gasteiger partial charge in [-0.1, -0.05) is 25.2 Å². The van der Waals surface area contributed by atoms with Crippen LogP contribution >= 0.6 is 11.3 Å². The van der Waals surface area contributed by atoms with E-state index in [0.717, 1.165) is 6.42 Å². The first kappa shape index (κ1) is 13.3. The fourth-order valence-electron chi connectivity index (χ4n) is 2.42. The van der Waals surface area contributed by atoms with Gasteiger partial charge in [-0.25, -0.2) is 4.98 Å². The summed E-state index contributed by atoms with van der Waals surface area (Å²) in [5.74, 6) is -0.0358. The molecule has 1 aliphatic rings. The lowest BCUT2D eigenvalue weighted by molar-refractivity contribution is 0.0709. The first-order chi connectivity index (χ1) is 8.37. The third-order valence-corrected chi connectivity index (χ3v) is 3.98. The normalized spacial score (nSPS) is 23.7. The van der Waals surface area contributed by atoms with Crippen LogP contribution in [-0.2, 0) is 0 Å². The first-order valence-corrected chi connectivity index (χ1v) is 6.88. The Labute approximate surface area is 111 Å². The molecule has 0 unspecified atom stereocenters. The van der Waals surface area contributed by atoms with Crippen LogP contribution in [0.4, 0.5) is 5.13 Å². The molecule has 0 aromatic carbocycles. The Morgan fingerprint density at radius 1 is 1.67 bits per heavy atom. The lowest BCUT2D eigenvalue weighted by atomic mass is 9.87. The highest BCUT2D eigenvalue weighted by Gasteiger charge is 2.32. The van der Waals surface area contributed by atoms with Crippen molar-refractivity contribution >= 4 is 22.4 Å². The molecule has 0 spiro atoms. The van der Waals surface area contributed by atoms with Crippen LogP contribution in [0, 0.1) is 5.41 Å². The smallest absolute Gasteiger partial charge is 0.265 e. The fraction of sp³-hybridized carbons (Fsp3) is 0.667. The fourth-order valence-corrected chi connectivity index (χ4v) is 3.07. The number of aliphatic hydroxyl groups is 1. The number of thiazole rings is 1. The van der Waals surface area contributed by atoms with E-state index in [2.05, 4.69) is 18.8 Å². The summed E-state index contributed by atoms with van der Waals surface area (Å²) in [5.41, 5.74) is 5.48. The molecule has 0 bridgehead atoms. The number of carbonyl (C=O) groups is 1. The van der Waals surface area contributed by atoms with Gasteiger partial charge in [-0.3, -0.25) is 4.79 Å². The Morgan fingerprint density at radius 3 is 3.00 bits per heavy atom. The van der Waals surface area contributed by atoms with E-state index in [1.54, 1.807) is 4.90 Å². The molecule has 3 N–H and O–H groups in total. The van der Waals surface area contributed by atoms with Crippen molar-refractivity contribution in [2.24, 2.45) is 5.41 Å². The number of rotatable bonds is 1. The highest BCUT2D eigenvalue weighted by molar-refractivity contribution is 7.17. The molecule has 1 fully saturated rings. The van der Waals surface area contributed by atoms with Gasteiger partial charge in [0.2, 0.25) is 0 Å². The second kappa shape index (κ2) is 4.85. The SMILES string of the molecule is CC1(C)C[C@H](O)CCN(C(=O)c2cnc(N)s2)C1. The molecule has 5 nitrogen and oxygen atoms in total. The van der Waals surface area contributed by atoms with Gasteiger partial charge >= 0.3 is 0 Å². The molecule has 1 aromatic rings. The first-order valence-electron chi connectivity index (χ1n) is 6.06. The number of aromatic nitrogens is 1. The number of nitrogen functional groups attached to an aromatic ring is 1. The zero-order chi connectivity index (χ0) is 13.3. The molecular formula is C12H19N3O2S. The topological polar surface area (TPSA) is 79.5 Å². The Bertz CT molecular complexity index is 444. The minimum Gasteiger partial charge on any atom is -0.393 e. The summed E-state index contributed by atoms with van der Waals surface area (Å²) in [6, 6.07) is 0. The quantitative estimate of drug-likeness (QED) is 0.806. The molecule has 1 aromatic heterocycles. The van der Waals surface area contributed by atoms with E-state index < -0.39 is 0 Å². The van der Waals surface area contributed by atoms with E-state index >= 15 is 0 Å². The number of carbonyl (C=O) groups excluding carboxylic acids is 1. The third-order valence-electron chi connectivity index (χ3n) is 3.16. The summed E-state index contributed by atoms with van der Waals surface area (Å²) in [4.78, 5) is 18.6. The van der Waals surface area contributed by atoms with Crippen molar-refractivity contribution in [3.05, 3.63) is 11.1 Å². The molecule has 1 atom stereocenters. The zero-order valence-electron chi connectivity index (χ0n) is 10.7. The lowest BCUT2D eigenvalue weighted by Gasteiger charge is -2.29. The Kier molecular flexibility index (Phi) is 3.59. The van der Waals surface area contributed by atoms with E-state index in [0.29, 0.717) is 29.5 Å². The number of amides is 1. The summed E-state index contributed by atoms with van der Waals surface area (Å²) in [5, 5.41) is 10.2. The van der Waals surface area contributed by atoms with Crippen LogP contribution in [0.3, 0.4) is 0 Å². The van der Waals surface area contributed by atoms with Crippen LogP contribution < -0.4 is 5.73 Å². The molecule has 100 valence electrons. The van der Waals surface area contributed by atoms with Crippen molar-refractivity contribution in [2.45, 2.75) is 32.8 Å². The number of likely N-dealkylation sites (tertiary alicyclic amines) is 1. The van der Waals surface area contributed by atoms with Crippen molar-refractivity contribution in [3.63, 3.8) is 0 Å². The van der Waals surface area contributed by atoms with Gasteiger partial charge in [-0.05, 0) is 18.3 Å². The third kappa shape index (κ3) is 3.00. The average Bonchev–Trinajstić information content (AvgIpc) is 2.63. The number of anilines is 1. The number of hydrogen-bond donors (Lipinski definition) is 2. The second-order valence-electron chi connectivity index (χ2n) is 5.60. The molecule has 1 amide bonds. The molecule has 0 radical (unpaired) electrons. The number of aliphatic hydroxyl groups excluding tert-OH is 1. The summed E-state index contributed by atoms with van der Waals surface area (Å²) >= 11 is 1.21.